The van der Waals surface area contributed by atoms with E-state index in [9.17, 15) is 4.79 Å². The van der Waals surface area contributed by atoms with Crippen LogP contribution in [0.1, 0.15) is 58.4 Å². The molecule has 0 spiro atoms. The fourth-order valence-corrected chi connectivity index (χ4v) is 3.81. The zero-order chi connectivity index (χ0) is 18.7. The van der Waals surface area contributed by atoms with E-state index in [0.717, 1.165) is 29.9 Å². The highest BCUT2D eigenvalue weighted by atomic mass is 16.6. The zero-order valence-corrected chi connectivity index (χ0v) is 16.6. The molecule has 1 saturated carbocycles. The van der Waals surface area contributed by atoms with E-state index in [2.05, 4.69) is 30.1 Å². The summed E-state index contributed by atoms with van der Waals surface area (Å²) < 4.78 is 7.14. The Balaban J connectivity index is 1.70. The predicted molar refractivity (Wildman–Crippen MR) is 107 cm³/mol. The highest BCUT2D eigenvalue weighted by Gasteiger charge is 2.20. The van der Waals surface area contributed by atoms with Crippen molar-refractivity contribution in [1.82, 2.24) is 9.47 Å². The first-order chi connectivity index (χ1) is 12.3. The number of ether oxygens (including phenoxy) is 1. The van der Waals surface area contributed by atoms with Gasteiger partial charge in [-0.25, -0.2) is 4.79 Å². The van der Waals surface area contributed by atoms with E-state index in [1.165, 1.54) is 37.7 Å². The second kappa shape index (κ2) is 7.83. The quantitative estimate of drug-likeness (QED) is 0.752. The maximum absolute atomic E-state index is 12.5. The Morgan fingerprint density at radius 1 is 1.19 bits per heavy atom. The fourth-order valence-electron chi connectivity index (χ4n) is 3.81. The molecule has 0 bridgehead atoms. The van der Waals surface area contributed by atoms with Crippen molar-refractivity contribution < 1.29 is 9.53 Å². The Hall–Kier alpha value is -1.81. The van der Waals surface area contributed by atoms with Crippen molar-refractivity contribution in [3.8, 4) is 0 Å². The highest BCUT2D eigenvalue weighted by molar-refractivity contribution is 5.90. The van der Waals surface area contributed by atoms with Gasteiger partial charge in [-0.1, -0.05) is 31.4 Å². The first-order valence-electron chi connectivity index (χ1n) is 9.87. The van der Waals surface area contributed by atoms with Crippen molar-refractivity contribution in [2.45, 2.75) is 70.9 Å². The first-order valence-corrected chi connectivity index (χ1v) is 9.87. The van der Waals surface area contributed by atoms with Crippen LogP contribution in [-0.4, -0.2) is 40.8 Å². The smallest absolute Gasteiger partial charge is 0.418 e. The Labute approximate surface area is 157 Å². The number of likely N-dealkylation sites (N-methyl/N-ethyl adjacent to an activating group) is 1. The molecule has 3 rings (SSSR count). The summed E-state index contributed by atoms with van der Waals surface area (Å²) in [4.78, 5) is 15.0. The van der Waals surface area contributed by atoms with Crippen LogP contribution in [-0.2, 0) is 11.2 Å². The van der Waals surface area contributed by atoms with Crippen LogP contribution >= 0.6 is 0 Å². The van der Waals surface area contributed by atoms with Crippen LogP contribution < -0.4 is 0 Å². The van der Waals surface area contributed by atoms with Crippen LogP contribution in [0.4, 0.5) is 4.79 Å². The molecule has 0 amide bonds. The molecular formula is C22H32N2O2. The van der Waals surface area contributed by atoms with E-state index in [1.54, 1.807) is 10.8 Å². The molecule has 4 heteroatoms. The molecule has 0 unspecified atom stereocenters. The average Bonchev–Trinajstić information content (AvgIpc) is 3.02. The van der Waals surface area contributed by atoms with Crippen molar-refractivity contribution in [3.63, 3.8) is 0 Å². The Morgan fingerprint density at radius 2 is 1.92 bits per heavy atom. The van der Waals surface area contributed by atoms with Crippen LogP contribution in [0.2, 0.25) is 0 Å². The second-order valence-corrected chi connectivity index (χ2v) is 8.58. The summed E-state index contributed by atoms with van der Waals surface area (Å²) >= 11 is 0. The van der Waals surface area contributed by atoms with E-state index in [1.807, 2.05) is 26.8 Å². The normalized spacial score (nSPS) is 16.3. The number of hydrogen-bond acceptors (Lipinski definition) is 3. The van der Waals surface area contributed by atoms with Gasteiger partial charge in [0.25, 0.3) is 0 Å². The lowest BCUT2D eigenvalue weighted by Crippen LogP contribution is -2.34. The molecule has 0 saturated heterocycles. The predicted octanol–water partition coefficient (Wildman–Crippen LogP) is 5.23. The van der Waals surface area contributed by atoms with Gasteiger partial charge in [0.05, 0.1) is 5.52 Å². The van der Waals surface area contributed by atoms with E-state index < -0.39 is 5.60 Å². The summed E-state index contributed by atoms with van der Waals surface area (Å²) in [6.07, 6.45) is 9.27. The number of rotatable bonds is 4. The molecule has 26 heavy (non-hydrogen) atoms. The highest BCUT2D eigenvalue weighted by Crippen LogP contribution is 2.23. The minimum atomic E-state index is -0.492. The lowest BCUT2D eigenvalue weighted by Gasteiger charge is -2.31. The molecule has 1 fully saturated rings. The third-order valence-electron chi connectivity index (χ3n) is 5.30. The largest absolute Gasteiger partial charge is 0.443 e. The average molecular weight is 357 g/mol. The second-order valence-electron chi connectivity index (χ2n) is 8.58. The van der Waals surface area contributed by atoms with Gasteiger partial charge in [-0.3, -0.25) is 4.57 Å². The molecule has 0 radical (unpaired) electrons. The van der Waals surface area contributed by atoms with Gasteiger partial charge >= 0.3 is 6.09 Å². The molecule has 0 N–H and O–H groups in total. The third kappa shape index (κ3) is 4.67. The molecule has 1 aromatic carbocycles. The molecule has 142 valence electrons. The molecular weight excluding hydrogens is 324 g/mol. The number of aromatic nitrogens is 1. The summed E-state index contributed by atoms with van der Waals surface area (Å²) in [7, 11) is 2.25. The van der Waals surface area contributed by atoms with Gasteiger partial charge in [0.2, 0.25) is 0 Å². The standard InChI is InChI=1S/C22H32N2O2/c1-22(2,3)26-21(25)24-15-13-18-11-10-17(16-20(18)24)12-14-23(4)19-8-6-5-7-9-19/h10-11,13,15-16,19H,5-9,12,14H2,1-4H3. The minimum absolute atomic E-state index is 0.316. The molecule has 1 heterocycles. The third-order valence-corrected chi connectivity index (χ3v) is 5.30. The van der Waals surface area contributed by atoms with Crippen LogP contribution in [0.3, 0.4) is 0 Å². The van der Waals surface area contributed by atoms with E-state index in [-0.39, 0.29) is 6.09 Å². The molecule has 0 aliphatic heterocycles. The Kier molecular flexibility index (Phi) is 5.71. The van der Waals surface area contributed by atoms with Gasteiger partial charge in [0, 0.05) is 24.2 Å². The van der Waals surface area contributed by atoms with Gasteiger partial charge in [-0.05, 0) is 64.8 Å². The van der Waals surface area contributed by atoms with E-state index in [0.29, 0.717) is 0 Å². The molecule has 4 nitrogen and oxygen atoms in total. The van der Waals surface area contributed by atoms with E-state index >= 15 is 0 Å². The molecule has 1 aliphatic carbocycles. The van der Waals surface area contributed by atoms with Gasteiger partial charge in [0.15, 0.2) is 0 Å². The SMILES string of the molecule is CN(CCc1ccc2ccn(C(=O)OC(C)(C)C)c2c1)C1CCCCC1. The summed E-state index contributed by atoms with van der Waals surface area (Å²) in [6, 6.07) is 9.12. The summed E-state index contributed by atoms with van der Waals surface area (Å²) in [5.74, 6) is 0. The van der Waals surface area contributed by atoms with Crippen molar-refractivity contribution in [3.05, 3.63) is 36.0 Å². The number of hydrogen-bond donors (Lipinski definition) is 0. The zero-order valence-electron chi connectivity index (χ0n) is 16.6. The molecule has 2 aromatic rings. The number of benzene rings is 1. The number of nitrogens with zero attached hydrogens (tertiary/aromatic N) is 2. The van der Waals surface area contributed by atoms with Crippen LogP contribution in [0.15, 0.2) is 30.5 Å². The Morgan fingerprint density at radius 3 is 2.62 bits per heavy atom. The number of carbonyl (C=O) groups excluding carboxylic acids is 1. The molecule has 1 aromatic heterocycles. The number of carbonyl (C=O) groups is 1. The summed E-state index contributed by atoms with van der Waals surface area (Å²) in [5, 5.41) is 1.07. The summed E-state index contributed by atoms with van der Waals surface area (Å²) in [5.41, 5.74) is 1.70. The van der Waals surface area contributed by atoms with Gasteiger partial charge in [0.1, 0.15) is 5.60 Å². The maximum Gasteiger partial charge on any atom is 0.418 e. The lowest BCUT2D eigenvalue weighted by molar-refractivity contribution is 0.0544. The van der Waals surface area contributed by atoms with E-state index in [4.69, 9.17) is 4.74 Å². The van der Waals surface area contributed by atoms with Crippen molar-refractivity contribution in [2.24, 2.45) is 0 Å². The maximum atomic E-state index is 12.5. The van der Waals surface area contributed by atoms with Crippen LogP contribution in [0, 0.1) is 0 Å². The Bertz CT molecular complexity index is 751. The monoisotopic (exact) mass is 356 g/mol. The van der Waals surface area contributed by atoms with Gasteiger partial charge in [-0.2, -0.15) is 0 Å². The topological polar surface area (TPSA) is 34.5 Å². The molecule has 0 atom stereocenters. The first kappa shape index (κ1) is 19.0. The summed E-state index contributed by atoms with van der Waals surface area (Å²) in [6.45, 7) is 6.73. The van der Waals surface area contributed by atoms with Gasteiger partial charge < -0.3 is 9.64 Å². The van der Waals surface area contributed by atoms with Crippen molar-refractivity contribution in [2.75, 3.05) is 13.6 Å². The lowest BCUT2D eigenvalue weighted by atomic mass is 9.94. The van der Waals surface area contributed by atoms with Crippen LogP contribution in [0.25, 0.3) is 10.9 Å². The molecule has 1 aliphatic rings. The number of fused-ring (bicyclic) bond motifs is 1. The van der Waals surface area contributed by atoms with Gasteiger partial charge in [-0.15, -0.1) is 0 Å². The fraction of sp³-hybridized carbons (Fsp3) is 0.591. The minimum Gasteiger partial charge on any atom is -0.443 e. The van der Waals surface area contributed by atoms with Crippen molar-refractivity contribution >= 4 is 17.0 Å². The van der Waals surface area contributed by atoms with Crippen molar-refractivity contribution in [1.29, 1.82) is 0 Å². The van der Waals surface area contributed by atoms with Crippen LogP contribution in [0.5, 0.6) is 0 Å².